The van der Waals surface area contributed by atoms with E-state index in [0.717, 1.165) is 24.8 Å². The molecule has 0 saturated heterocycles. The molecule has 0 radical (unpaired) electrons. The second-order valence-electron chi connectivity index (χ2n) is 12.0. The zero-order chi connectivity index (χ0) is 31.8. The van der Waals surface area contributed by atoms with Crippen LogP contribution in [-0.2, 0) is 10.1 Å². The molecule has 0 heterocycles. The highest BCUT2D eigenvalue weighted by Crippen LogP contribution is 2.32. The number of nitrogens with one attached hydrogen (secondary N) is 1. The highest BCUT2D eigenvalue weighted by Gasteiger charge is 2.19. The third kappa shape index (κ3) is 11.4. The molecule has 242 valence electrons. The molecule has 0 atom stereocenters. The average molecular weight is 625 g/mol. The number of carbonyl (C=O) groups excluding carboxylic acids is 1. The van der Waals surface area contributed by atoms with E-state index in [0.29, 0.717) is 11.1 Å². The summed E-state index contributed by atoms with van der Waals surface area (Å²) in [5.74, 6) is -0.715. The van der Waals surface area contributed by atoms with Crippen LogP contribution in [0.3, 0.4) is 0 Å². The number of hydrogen-bond donors (Lipinski definition) is 3. The van der Waals surface area contributed by atoms with Crippen molar-refractivity contribution in [3.8, 4) is 5.75 Å². The van der Waals surface area contributed by atoms with E-state index in [1.165, 1.54) is 102 Å². The molecule has 7 nitrogen and oxygen atoms in total. The van der Waals surface area contributed by atoms with E-state index in [1.807, 2.05) is 24.1 Å². The number of nitrogens with zero attached hydrogens (tertiary/aromatic N) is 1. The van der Waals surface area contributed by atoms with Gasteiger partial charge in [-0.25, -0.2) is 0 Å². The molecule has 3 aromatic rings. The van der Waals surface area contributed by atoms with E-state index < -0.39 is 16.0 Å². The van der Waals surface area contributed by atoms with Crippen molar-refractivity contribution in [1.82, 2.24) is 0 Å². The van der Waals surface area contributed by atoms with E-state index in [4.69, 9.17) is 0 Å². The molecule has 3 rings (SSSR count). The number of anilines is 2. The Morgan fingerprint density at radius 2 is 1.30 bits per heavy atom. The summed E-state index contributed by atoms with van der Waals surface area (Å²) in [6.07, 6.45) is 20.8. The first-order chi connectivity index (χ1) is 21.2. The second kappa shape index (κ2) is 18.6. The SMILES string of the molecule is CCCCCCCCCCCCCCCCCCN(C)c1ccc(S(=O)(=O)O)cc1NC(=O)c1ccc2ccccc2c1O. The van der Waals surface area contributed by atoms with Gasteiger partial charge in [0, 0.05) is 19.0 Å². The van der Waals surface area contributed by atoms with Gasteiger partial charge < -0.3 is 15.3 Å². The molecular formula is C36H52N2O5S. The van der Waals surface area contributed by atoms with Crippen molar-refractivity contribution in [3.05, 3.63) is 60.2 Å². The number of phenols is 1. The Labute approximate surface area is 264 Å². The Bertz CT molecular complexity index is 1420. The van der Waals surface area contributed by atoms with Gasteiger partial charge in [0.05, 0.1) is 21.8 Å². The molecule has 8 heteroatoms. The van der Waals surface area contributed by atoms with Gasteiger partial charge in [-0.2, -0.15) is 8.42 Å². The molecule has 0 aliphatic carbocycles. The lowest BCUT2D eigenvalue weighted by molar-refractivity contribution is 0.102. The van der Waals surface area contributed by atoms with Crippen LogP contribution in [0.5, 0.6) is 5.75 Å². The minimum Gasteiger partial charge on any atom is -0.506 e. The number of hydrogen-bond acceptors (Lipinski definition) is 5. The van der Waals surface area contributed by atoms with Gasteiger partial charge in [-0.3, -0.25) is 9.35 Å². The lowest BCUT2D eigenvalue weighted by Gasteiger charge is -2.23. The van der Waals surface area contributed by atoms with Gasteiger partial charge in [-0.05, 0) is 36.1 Å². The first-order valence-corrected chi connectivity index (χ1v) is 18.0. The number of carbonyl (C=O) groups is 1. The Balaban J connectivity index is 1.44. The number of phenolic OH excluding ortho intramolecular Hbond substituents is 1. The van der Waals surface area contributed by atoms with E-state index in [2.05, 4.69) is 12.2 Å². The monoisotopic (exact) mass is 624 g/mol. The summed E-state index contributed by atoms with van der Waals surface area (Å²) in [5.41, 5.74) is 0.955. The molecule has 3 aromatic carbocycles. The van der Waals surface area contributed by atoms with Crippen molar-refractivity contribution in [2.45, 2.75) is 115 Å². The van der Waals surface area contributed by atoms with Crippen LogP contribution >= 0.6 is 0 Å². The summed E-state index contributed by atoms with van der Waals surface area (Å²) in [6, 6.07) is 14.7. The normalized spacial score (nSPS) is 11.6. The van der Waals surface area contributed by atoms with Crippen LogP contribution in [0.4, 0.5) is 11.4 Å². The predicted molar refractivity (Wildman–Crippen MR) is 183 cm³/mol. The second-order valence-corrected chi connectivity index (χ2v) is 13.4. The summed E-state index contributed by atoms with van der Waals surface area (Å²) in [5, 5.41) is 14.9. The molecule has 0 aromatic heterocycles. The first kappa shape index (κ1) is 35.4. The molecule has 1 amide bonds. The maximum Gasteiger partial charge on any atom is 0.294 e. The van der Waals surface area contributed by atoms with Crippen molar-refractivity contribution >= 4 is 38.2 Å². The van der Waals surface area contributed by atoms with Gasteiger partial charge in [-0.15, -0.1) is 0 Å². The fourth-order valence-electron chi connectivity index (χ4n) is 5.75. The number of aromatic hydroxyl groups is 1. The number of benzene rings is 3. The maximum absolute atomic E-state index is 13.2. The third-order valence-corrected chi connectivity index (χ3v) is 9.27. The van der Waals surface area contributed by atoms with Gasteiger partial charge in [0.1, 0.15) is 5.75 Å². The zero-order valence-corrected chi connectivity index (χ0v) is 27.5. The Morgan fingerprint density at radius 1 is 0.750 bits per heavy atom. The molecule has 44 heavy (non-hydrogen) atoms. The fourth-order valence-corrected chi connectivity index (χ4v) is 6.26. The van der Waals surface area contributed by atoms with Crippen molar-refractivity contribution in [1.29, 1.82) is 0 Å². The van der Waals surface area contributed by atoms with E-state index in [1.54, 1.807) is 30.3 Å². The van der Waals surface area contributed by atoms with Gasteiger partial charge in [0.15, 0.2) is 0 Å². The minimum atomic E-state index is -4.47. The Hall–Kier alpha value is -3.10. The van der Waals surface area contributed by atoms with E-state index >= 15 is 0 Å². The van der Waals surface area contributed by atoms with Crippen LogP contribution < -0.4 is 10.2 Å². The van der Waals surface area contributed by atoms with Crippen LogP contribution in [0.15, 0.2) is 59.5 Å². The predicted octanol–water partition coefficient (Wildman–Crippen LogP) is 9.74. The molecule has 0 spiro atoms. The van der Waals surface area contributed by atoms with Crippen molar-refractivity contribution in [2.24, 2.45) is 0 Å². The van der Waals surface area contributed by atoms with Crippen molar-refractivity contribution in [2.75, 3.05) is 23.8 Å². The quantitative estimate of drug-likeness (QED) is 0.0804. The van der Waals surface area contributed by atoms with Gasteiger partial charge in [-0.1, -0.05) is 134 Å². The fraction of sp³-hybridized carbons (Fsp3) is 0.528. The number of fused-ring (bicyclic) bond motifs is 1. The smallest absolute Gasteiger partial charge is 0.294 e. The highest BCUT2D eigenvalue weighted by molar-refractivity contribution is 7.85. The average Bonchev–Trinajstić information content (AvgIpc) is 3.00. The standard InChI is InChI=1S/C36H52N2O5S/c1-3-4-5-6-7-8-9-10-11-12-13-14-15-16-17-20-27-38(2)34-26-24-30(44(41,42)43)28-33(34)37-36(40)32-25-23-29-21-18-19-22-31(29)35(32)39/h18-19,21-26,28,39H,3-17,20,27H2,1-2H3,(H,37,40)(H,41,42,43). The van der Waals surface area contributed by atoms with Crippen LogP contribution in [-0.4, -0.2) is 37.6 Å². The number of rotatable bonds is 21. The third-order valence-electron chi connectivity index (χ3n) is 8.42. The summed E-state index contributed by atoms with van der Waals surface area (Å²) < 4.78 is 33.3. The number of unbranched alkanes of at least 4 members (excludes halogenated alkanes) is 15. The molecular weight excluding hydrogens is 572 g/mol. The van der Waals surface area contributed by atoms with E-state index in [-0.39, 0.29) is 21.9 Å². The highest BCUT2D eigenvalue weighted by atomic mass is 32.2. The lowest BCUT2D eigenvalue weighted by atomic mass is 10.0. The van der Waals surface area contributed by atoms with Gasteiger partial charge >= 0.3 is 0 Å². The first-order valence-electron chi connectivity index (χ1n) is 16.6. The topological polar surface area (TPSA) is 107 Å². The Kier molecular flexibility index (Phi) is 15.0. The molecule has 0 aliphatic heterocycles. The molecule has 0 fully saturated rings. The summed E-state index contributed by atoms with van der Waals surface area (Å²) >= 11 is 0. The minimum absolute atomic E-state index is 0.0763. The van der Waals surface area contributed by atoms with Crippen molar-refractivity contribution in [3.63, 3.8) is 0 Å². The summed E-state index contributed by atoms with van der Waals surface area (Å²) in [4.78, 5) is 14.9. The summed E-state index contributed by atoms with van der Waals surface area (Å²) in [6.45, 7) is 2.99. The number of amides is 1. The van der Waals surface area contributed by atoms with Crippen LogP contribution in [0, 0.1) is 0 Å². The Morgan fingerprint density at radius 3 is 1.86 bits per heavy atom. The molecule has 0 aliphatic rings. The zero-order valence-electron chi connectivity index (χ0n) is 26.7. The van der Waals surface area contributed by atoms with Crippen LogP contribution in [0.2, 0.25) is 0 Å². The maximum atomic E-state index is 13.2. The molecule has 0 unspecified atom stereocenters. The van der Waals surface area contributed by atoms with E-state index in [9.17, 15) is 22.9 Å². The largest absolute Gasteiger partial charge is 0.506 e. The van der Waals surface area contributed by atoms with Crippen LogP contribution in [0.1, 0.15) is 120 Å². The van der Waals surface area contributed by atoms with Gasteiger partial charge in [0.25, 0.3) is 16.0 Å². The van der Waals surface area contributed by atoms with Gasteiger partial charge in [0.2, 0.25) is 0 Å². The lowest BCUT2D eigenvalue weighted by Crippen LogP contribution is -2.22. The molecule has 3 N–H and O–H groups in total. The molecule has 0 saturated carbocycles. The summed E-state index contributed by atoms with van der Waals surface area (Å²) in [7, 11) is -2.57. The molecule has 0 bridgehead atoms. The van der Waals surface area contributed by atoms with Crippen LogP contribution in [0.25, 0.3) is 10.8 Å². The van der Waals surface area contributed by atoms with Crippen molar-refractivity contribution < 1.29 is 22.9 Å².